The Labute approximate surface area is 108 Å². The van der Waals surface area contributed by atoms with Gasteiger partial charge in [-0.05, 0) is 19.1 Å². The molecule has 1 aliphatic rings. The molecule has 3 rings (SSSR count). The molecule has 1 fully saturated rings. The number of benzene rings is 1. The largest absolute Gasteiger partial charge is 0.324 e. The summed E-state index contributed by atoms with van der Waals surface area (Å²) in [7, 11) is 0. The number of nitrogens with zero attached hydrogens (tertiary/aromatic N) is 2. The second-order valence-electron chi connectivity index (χ2n) is 3.96. The topological polar surface area (TPSA) is 33.2 Å². The summed E-state index contributed by atoms with van der Waals surface area (Å²) >= 11 is 3.30. The minimum absolute atomic E-state index is 0.0729. The molecular weight excluding hydrogens is 252 g/mol. The van der Waals surface area contributed by atoms with Gasteiger partial charge in [0, 0.05) is 12.3 Å². The van der Waals surface area contributed by atoms with Crippen LogP contribution in [0.3, 0.4) is 0 Å². The molecular formula is C12H12N2OS2. The van der Waals surface area contributed by atoms with Crippen LogP contribution < -0.4 is 0 Å². The van der Waals surface area contributed by atoms with Crippen LogP contribution in [-0.4, -0.2) is 33.5 Å². The van der Waals surface area contributed by atoms with Crippen molar-refractivity contribution in [2.45, 2.75) is 12.3 Å². The summed E-state index contributed by atoms with van der Waals surface area (Å²) in [5.74, 6) is 1.10. The molecule has 1 aromatic carbocycles. The van der Waals surface area contributed by atoms with Crippen molar-refractivity contribution in [3.63, 3.8) is 0 Å². The lowest BCUT2D eigenvalue weighted by atomic mass is 10.3. The van der Waals surface area contributed by atoms with Crippen LogP contribution in [0.4, 0.5) is 0 Å². The third-order valence-electron chi connectivity index (χ3n) is 2.87. The Hall–Kier alpha value is -1.07. The van der Waals surface area contributed by atoms with E-state index in [9.17, 15) is 4.79 Å². The molecule has 1 amide bonds. The molecule has 1 saturated heterocycles. The normalized spacial score (nSPS) is 20.1. The third-order valence-corrected chi connectivity index (χ3v) is 5.05. The first-order valence-electron chi connectivity index (χ1n) is 5.54. The summed E-state index contributed by atoms with van der Waals surface area (Å²) in [4.78, 5) is 18.6. The van der Waals surface area contributed by atoms with Crippen molar-refractivity contribution in [2.75, 3.05) is 12.3 Å². The van der Waals surface area contributed by atoms with Gasteiger partial charge in [0.1, 0.15) is 0 Å². The van der Waals surface area contributed by atoms with E-state index in [4.69, 9.17) is 0 Å². The molecule has 1 aromatic heterocycles. The number of carbonyl (C=O) groups is 1. The van der Waals surface area contributed by atoms with Gasteiger partial charge in [0.2, 0.25) is 0 Å². The first kappa shape index (κ1) is 11.0. The van der Waals surface area contributed by atoms with E-state index in [0.717, 1.165) is 22.5 Å². The maximum atomic E-state index is 12.3. The summed E-state index contributed by atoms with van der Waals surface area (Å²) in [5.41, 5.74) is 0.917. The van der Waals surface area contributed by atoms with E-state index >= 15 is 0 Å². The quantitative estimate of drug-likeness (QED) is 0.794. The number of carbonyl (C=O) groups excluding carboxylic acids is 1. The van der Waals surface area contributed by atoms with Crippen LogP contribution in [0.1, 0.15) is 16.7 Å². The number of fused-ring (bicyclic) bond motifs is 1. The first-order chi connectivity index (χ1) is 8.25. The summed E-state index contributed by atoms with van der Waals surface area (Å²) in [6, 6.07) is 7.88. The van der Waals surface area contributed by atoms with Gasteiger partial charge in [-0.2, -0.15) is 0 Å². The van der Waals surface area contributed by atoms with Crippen LogP contribution in [0, 0.1) is 0 Å². The zero-order valence-electron chi connectivity index (χ0n) is 9.42. The number of amides is 1. The lowest BCUT2D eigenvalue weighted by Gasteiger charge is -2.18. The average molecular weight is 264 g/mol. The molecule has 3 nitrogen and oxygen atoms in total. The zero-order valence-corrected chi connectivity index (χ0v) is 11.1. The highest BCUT2D eigenvalue weighted by Gasteiger charge is 2.28. The van der Waals surface area contributed by atoms with Gasteiger partial charge in [-0.3, -0.25) is 4.79 Å². The summed E-state index contributed by atoms with van der Waals surface area (Å²) in [6.45, 7) is 2.91. The molecule has 5 heteroatoms. The van der Waals surface area contributed by atoms with E-state index in [1.165, 1.54) is 11.3 Å². The number of thiazole rings is 1. The first-order valence-corrected chi connectivity index (χ1v) is 7.40. The molecule has 0 saturated carbocycles. The van der Waals surface area contributed by atoms with Crippen molar-refractivity contribution in [1.82, 2.24) is 9.88 Å². The summed E-state index contributed by atoms with van der Waals surface area (Å²) in [6.07, 6.45) is 0. The van der Waals surface area contributed by atoms with Crippen molar-refractivity contribution in [2.24, 2.45) is 0 Å². The minimum Gasteiger partial charge on any atom is -0.324 e. The standard InChI is InChI=1S/C12H12N2OS2/c1-8-14(6-7-16-8)12(15)11-13-9-4-2-3-5-10(9)17-11/h2-5,8H,6-7H2,1H3. The van der Waals surface area contributed by atoms with Crippen LogP contribution in [-0.2, 0) is 0 Å². The van der Waals surface area contributed by atoms with Crippen LogP contribution in [0.25, 0.3) is 10.2 Å². The van der Waals surface area contributed by atoms with Gasteiger partial charge in [-0.25, -0.2) is 4.98 Å². The van der Waals surface area contributed by atoms with Crippen molar-refractivity contribution in [1.29, 1.82) is 0 Å². The van der Waals surface area contributed by atoms with Crippen molar-refractivity contribution in [3.05, 3.63) is 29.3 Å². The summed E-state index contributed by atoms with van der Waals surface area (Å²) < 4.78 is 1.08. The monoisotopic (exact) mass is 264 g/mol. The SMILES string of the molecule is CC1SCCN1C(=O)c1nc2ccccc2s1. The Bertz CT molecular complexity index is 533. The second-order valence-corrected chi connectivity index (χ2v) is 6.41. The molecule has 1 aliphatic heterocycles. The molecule has 0 aliphatic carbocycles. The minimum atomic E-state index is 0.0729. The van der Waals surface area contributed by atoms with E-state index in [2.05, 4.69) is 11.9 Å². The van der Waals surface area contributed by atoms with E-state index in [0.29, 0.717) is 5.01 Å². The number of hydrogen-bond acceptors (Lipinski definition) is 4. The molecule has 1 unspecified atom stereocenters. The van der Waals surface area contributed by atoms with Gasteiger partial charge in [0.05, 0.1) is 15.6 Å². The fraction of sp³-hybridized carbons (Fsp3) is 0.333. The Kier molecular flexibility index (Phi) is 2.80. The fourth-order valence-electron chi connectivity index (χ4n) is 1.95. The Balaban J connectivity index is 1.95. The van der Waals surface area contributed by atoms with Gasteiger partial charge in [0.25, 0.3) is 5.91 Å². The van der Waals surface area contributed by atoms with Gasteiger partial charge < -0.3 is 4.90 Å². The van der Waals surface area contributed by atoms with Crippen LogP contribution in [0.15, 0.2) is 24.3 Å². The Morgan fingerprint density at radius 3 is 3.00 bits per heavy atom. The number of para-hydroxylation sites is 1. The Morgan fingerprint density at radius 1 is 1.47 bits per heavy atom. The fourth-order valence-corrected chi connectivity index (χ4v) is 3.89. The van der Waals surface area contributed by atoms with Gasteiger partial charge >= 0.3 is 0 Å². The highest BCUT2D eigenvalue weighted by Crippen LogP contribution is 2.28. The van der Waals surface area contributed by atoms with Crippen LogP contribution in [0.5, 0.6) is 0 Å². The maximum Gasteiger partial charge on any atom is 0.283 e. The van der Waals surface area contributed by atoms with Crippen LogP contribution >= 0.6 is 23.1 Å². The smallest absolute Gasteiger partial charge is 0.283 e. The number of thioether (sulfide) groups is 1. The van der Waals surface area contributed by atoms with Crippen LogP contribution in [0.2, 0.25) is 0 Å². The van der Waals surface area contributed by atoms with E-state index in [-0.39, 0.29) is 11.3 Å². The number of aromatic nitrogens is 1. The number of hydrogen-bond donors (Lipinski definition) is 0. The maximum absolute atomic E-state index is 12.3. The predicted octanol–water partition coefficient (Wildman–Crippen LogP) is 2.83. The highest BCUT2D eigenvalue weighted by molar-refractivity contribution is 8.00. The highest BCUT2D eigenvalue weighted by atomic mass is 32.2. The van der Waals surface area contributed by atoms with Crippen molar-refractivity contribution < 1.29 is 4.79 Å². The molecule has 88 valence electrons. The number of rotatable bonds is 1. The predicted molar refractivity (Wildman–Crippen MR) is 72.6 cm³/mol. The van der Waals surface area contributed by atoms with Gasteiger partial charge in [-0.1, -0.05) is 12.1 Å². The second kappa shape index (κ2) is 4.31. The van der Waals surface area contributed by atoms with Crippen molar-refractivity contribution >= 4 is 39.2 Å². The molecule has 2 aromatic rings. The molecule has 0 spiro atoms. The third kappa shape index (κ3) is 1.93. The molecule has 0 N–H and O–H groups in total. The molecule has 1 atom stereocenters. The van der Waals surface area contributed by atoms with Gasteiger partial charge in [0.15, 0.2) is 5.01 Å². The lowest BCUT2D eigenvalue weighted by Crippen LogP contribution is -2.32. The van der Waals surface area contributed by atoms with Gasteiger partial charge in [-0.15, -0.1) is 23.1 Å². The van der Waals surface area contributed by atoms with E-state index < -0.39 is 0 Å². The lowest BCUT2D eigenvalue weighted by molar-refractivity contribution is 0.0768. The summed E-state index contributed by atoms with van der Waals surface area (Å²) in [5, 5.41) is 0.884. The zero-order chi connectivity index (χ0) is 11.8. The molecule has 17 heavy (non-hydrogen) atoms. The molecule has 0 radical (unpaired) electrons. The van der Waals surface area contributed by atoms with E-state index in [1.54, 1.807) is 0 Å². The average Bonchev–Trinajstić information content (AvgIpc) is 2.93. The Morgan fingerprint density at radius 2 is 2.29 bits per heavy atom. The molecule has 2 heterocycles. The van der Waals surface area contributed by atoms with E-state index in [1.807, 2.05) is 40.9 Å². The molecule has 0 bridgehead atoms. The van der Waals surface area contributed by atoms with Crippen molar-refractivity contribution in [3.8, 4) is 0 Å².